The van der Waals surface area contributed by atoms with Crippen molar-refractivity contribution in [1.82, 2.24) is 19.7 Å². The standard InChI is InChI=1S/C21H21N5OS3/c1-14-13-30-21-23-15(12-26(14)21)11-22-20(27)16-4-5-17(18-3-2-8-29-18)24-19(16)25-6-9-28-10-7-25/h2-5,8,12-13H,6-7,9-11H2,1H3,(H,22,27). The van der Waals surface area contributed by atoms with Gasteiger partial charge in [-0.15, -0.1) is 22.7 Å². The van der Waals surface area contributed by atoms with Gasteiger partial charge < -0.3 is 10.2 Å². The number of nitrogens with one attached hydrogen (secondary N) is 1. The van der Waals surface area contributed by atoms with Gasteiger partial charge in [0.25, 0.3) is 5.91 Å². The van der Waals surface area contributed by atoms with Gasteiger partial charge in [0.2, 0.25) is 0 Å². The van der Waals surface area contributed by atoms with Crippen molar-refractivity contribution in [3.63, 3.8) is 0 Å². The maximum atomic E-state index is 13.1. The Morgan fingerprint density at radius 2 is 2.03 bits per heavy atom. The Kier molecular flexibility index (Phi) is 5.49. The number of pyridine rings is 1. The molecule has 1 fully saturated rings. The van der Waals surface area contributed by atoms with Gasteiger partial charge in [-0.25, -0.2) is 9.97 Å². The summed E-state index contributed by atoms with van der Waals surface area (Å²) in [7, 11) is 0. The molecule has 0 saturated carbocycles. The van der Waals surface area contributed by atoms with Crippen molar-refractivity contribution in [2.24, 2.45) is 0 Å². The number of aromatic nitrogens is 3. The van der Waals surface area contributed by atoms with Crippen LogP contribution >= 0.6 is 34.4 Å². The summed E-state index contributed by atoms with van der Waals surface area (Å²) in [5, 5.41) is 7.17. The molecule has 1 saturated heterocycles. The molecule has 0 radical (unpaired) electrons. The number of hydrogen-bond donors (Lipinski definition) is 1. The Hall–Kier alpha value is -2.36. The Balaban J connectivity index is 1.40. The van der Waals surface area contributed by atoms with Crippen molar-refractivity contribution in [3.8, 4) is 10.6 Å². The van der Waals surface area contributed by atoms with Gasteiger partial charge in [0.1, 0.15) is 5.82 Å². The maximum Gasteiger partial charge on any atom is 0.255 e. The molecule has 0 aromatic carbocycles. The van der Waals surface area contributed by atoms with E-state index in [1.165, 1.54) is 0 Å². The summed E-state index contributed by atoms with van der Waals surface area (Å²) in [4.78, 5) is 26.9. The van der Waals surface area contributed by atoms with Crippen molar-refractivity contribution >= 4 is 51.1 Å². The number of fused-ring (bicyclic) bond motifs is 1. The van der Waals surface area contributed by atoms with Gasteiger partial charge in [-0.3, -0.25) is 9.20 Å². The number of carbonyl (C=O) groups is 1. The number of hydrogen-bond acceptors (Lipinski definition) is 7. The number of thioether (sulfide) groups is 1. The van der Waals surface area contributed by atoms with Crippen LogP contribution in [0.15, 0.2) is 41.2 Å². The van der Waals surface area contributed by atoms with Crippen molar-refractivity contribution in [3.05, 3.63) is 58.2 Å². The number of rotatable bonds is 5. The molecule has 154 valence electrons. The van der Waals surface area contributed by atoms with Gasteiger partial charge >= 0.3 is 0 Å². The van der Waals surface area contributed by atoms with Crippen LogP contribution in [0.4, 0.5) is 5.82 Å². The smallest absolute Gasteiger partial charge is 0.255 e. The Bertz CT molecular complexity index is 1170. The van der Waals surface area contributed by atoms with Crippen molar-refractivity contribution < 1.29 is 4.79 Å². The van der Waals surface area contributed by atoms with E-state index < -0.39 is 0 Å². The molecule has 1 amide bonds. The topological polar surface area (TPSA) is 62.5 Å². The molecule has 4 aromatic heterocycles. The van der Waals surface area contributed by atoms with Gasteiger partial charge in [-0.05, 0) is 30.5 Å². The largest absolute Gasteiger partial charge is 0.354 e. The quantitative estimate of drug-likeness (QED) is 0.486. The maximum absolute atomic E-state index is 13.1. The first-order chi connectivity index (χ1) is 14.7. The fourth-order valence-electron chi connectivity index (χ4n) is 3.50. The summed E-state index contributed by atoms with van der Waals surface area (Å²) in [6.45, 7) is 4.26. The monoisotopic (exact) mass is 455 g/mol. The number of aryl methyl sites for hydroxylation is 1. The van der Waals surface area contributed by atoms with E-state index in [2.05, 4.69) is 38.0 Å². The second kappa shape index (κ2) is 8.41. The van der Waals surface area contributed by atoms with E-state index in [-0.39, 0.29) is 5.91 Å². The third-order valence-corrected chi connectivity index (χ3v) is 7.87. The summed E-state index contributed by atoms with van der Waals surface area (Å²) in [6, 6.07) is 7.94. The number of anilines is 1. The van der Waals surface area contributed by atoms with E-state index in [0.717, 1.165) is 57.3 Å². The van der Waals surface area contributed by atoms with Gasteiger partial charge in [0.05, 0.1) is 28.4 Å². The van der Waals surface area contributed by atoms with E-state index in [1.807, 2.05) is 41.5 Å². The SMILES string of the molecule is Cc1csc2nc(CNC(=O)c3ccc(-c4cccs4)nc3N3CCSCC3)cn12. The Morgan fingerprint density at radius 1 is 1.17 bits per heavy atom. The number of amides is 1. The average Bonchev–Trinajstić information content (AvgIpc) is 3.52. The summed E-state index contributed by atoms with van der Waals surface area (Å²) in [5.74, 6) is 2.77. The first-order valence-electron chi connectivity index (χ1n) is 9.77. The molecule has 1 N–H and O–H groups in total. The highest BCUT2D eigenvalue weighted by atomic mass is 32.2. The molecule has 0 atom stereocenters. The van der Waals surface area contributed by atoms with Gasteiger partial charge in [-0.2, -0.15) is 11.8 Å². The van der Waals surface area contributed by atoms with Crippen LogP contribution in [0.2, 0.25) is 0 Å². The van der Waals surface area contributed by atoms with Crippen LogP contribution < -0.4 is 10.2 Å². The predicted octanol–water partition coefficient (Wildman–Crippen LogP) is 4.31. The van der Waals surface area contributed by atoms with E-state index in [1.54, 1.807) is 22.7 Å². The van der Waals surface area contributed by atoms with Gasteiger partial charge in [-0.1, -0.05) is 6.07 Å². The minimum Gasteiger partial charge on any atom is -0.354 e. The first kappa shape index (κ1) is 19.6. The van der Waals surface area contributed by atoms with E-state index in [0.29, 0.717) is 12.1 Å². The first-order valence-corrected chi connectivity index (χ1v) is 12.7. The molecule has 30 heavy (non-hydrogen) atoms. The summed E-state index contributed by atoms with van der Waals surface area (Å²) in [6.07, 6.45) is 1.99. The molecular formula is C21H21N5OS3. The Labute approximate surface area is 187 Å². The molecular weight excluding hydrogens is 434 g/mol. The average molecular weight is 456 g/mol. The number of thiophene rings is 1. The van der Waals surface area contributed by atoms with Crippen LogP contribution in [0.25, 0.3) is 15.5 Å². The van der Waals surface area contributed by atoms with Crippen molar-refractivity contribution in [2.45, 2.75) is 13.5 Å². The lowest BCUT2D eigenvalue weighted by molar-refractivity contribution is 0.0950. The van der Waals surface area contributed by atoms with Crippen LogP contribution in [0.3, 0.4) is 0 Å². The Morgan fingerprint density at radius 3 is 2.80 bits per heavy atom. The second-order valence-electron chi connectivity index (χ2n) is 7.09. The third kappa shape index (κ3) is 3.84. The summed E-state index contributed by atoms with van der Waals surface area (Å²) < 4.78 is 2.06. The number of imidazole rings is 1. The van der Waals surface area contributed by atoms with Crippen LogP contribution in [0.1, 0.15) is 21.7 Å². The number of thiazole rings is 1. The molecule has 1 aliphatic heterocycles. The highest BCUT2D eigenvalue weighted by Crippen LogP contribution is 2.29. The normalized spacial score (nSPS) is 14.4. The van der Waals surface area contributed by atoms with Crippen molar-refractivity contribution in [2.75, 3.05) is 29.5 Å². The number of nitrogens with zero attached hydrogens (tertiary/aromatic N) is 4. The molecule has 0 unspecified atom stereocenters. The lowest BCUT2D eigenvalue weighted by Gasteiger charge is -2.29. The van der Waals surface area contributed by atoms with Gasteiger partial charge in [0.15, 0.2) is 4.96 Å². The fourth-order valence-corrected chi connectivity index (χ4v) is 5.96. The molecule has 1 aliphatic rings. The molecule has 0 aliphatic carbocycles. The molecule has 4 aromatic rings. The minimum atomic E-state index is -0.110. The number of carbonyl (C=O) groups excluding carboxylic acids is 1. The van der Waals surface area contributed by atoms with E-state index >= 15 is 0 Å². The predicted molar refractivity (Wildman–Crippen MR) is 126 cm³/mol. The van der Waals surface area contributed by atoms with Crippen LogP contribution in [-0.2, 0) is 6.54 Å². The van der Waals surface area contributed by atoms with E-state index in [9.17, 15) is 4.79 Å². The highest BCUT2D eigenvalue weighted by molar-refractivity contribution is 7.99. The molecule has 0 spiro atoms. The minimum absolute atomic E-state index is 0.110. The summed E-state index contributed by atoms with van der Waals surface area (Å²) >= 11 is 5.21. The van der Waals surface area contributed by atoms with E-state index in [4.69, 9.17) is 4.98 Å². The van der Waals surface area contributed by atoms with Crippen LogP contribution in [0.5, 0.6) is 0 Å². The molecule has 0 bridgehead atoms. The zero-order valence-corrected chi connectivity index (χ0v) is 18.9. The lowest BCUT2D eigenvalue weighted by atomic mass is 10.2. The molecule has 5 rings (SSSR count). The van der Waals surface area contributed by atoms with Crippen LogP contribution in [-0.4, -0.2) is 44.9 Å². The summed E-state index contributed by atoms with van der Waals surface area (Å²) in [5.41, 5.74) is 3.55. The zero-order chi connectivity index (χ0) is 20.5. The molecule has 5 heterocycles. The highest BCUT2D eigenvalue weighted by Gasteiger charge is 2.21. The molecule has 9 heteroatoms. The zero-order valence-electron chi connectivity index (χ0n) is 16.5. The fraction of sp³-hybridized carbons (Fsp3) is 0.286. The molecule has 6 nitrogen and oxygen atoms in total. The van der Waals surface area contributed by atoms with Gasteiger partial charge in [0, 0.05) is 41.9 Å². The van der Waals surface area contributed by atoms with Crippen molar-refractivity contribution in [1.29, 1.82) is 0 Å². The third-order valence-electron chi connectivity index (χ3n) is 5.07. The van der Waals surface area contributed by atoms with Crippen LogP contribution in [0, 0.1) is 6.92 Å². The second-order valence-corrected chi connectivity index (χ2v) is 10.1. The lowest BCUT2D eigenvalue weighted by Crippen LogP contribution is -2.35.